The van der Waals surface area contributed by atoms with Crippen molar-refractivity contribution < 1.29 is 0 Å². The fourth-order valence-electron chi connectivity index (χ4n) is 6.57. The molecule has 1 saturated carbocycles. The highest BCUT2D eigenvalue weighted by Gasteiger charge is 2.30. The van der Waals surface area contributed by atoms with Crippen molar-refractivity contribution in [3.8, 4) is 11.1 Å². The molecule has 4 N–H and O–H groups in total. The predicted molar refractivity (Wildman–Crippen MR) is 167 cm³/mol. The second-order valence-corrected chi connectivity index (χ2v) is 12.0. The third-order valence-corrected chi connectivity index (χ3v) is 9.49. The Kier molecular flexibility index (Phi) is 6.81. The molecule has 0 bridgehead atoms. The van der Waals surface area contributed by atoms with Gasteiger partial charge in [-0.1, -0.05) is 29.8 Å². The van der Waals surface area contributed by atoms with E-state index < -0.39 is 0 Å². The van der Waals surface area contributed by atoms with Crippen LogP contribution in [-0.4, -0.2) is 73.6 Å². The van der Waals surface area contributed by atoms with Crippen molar-refractivity contribution in [3.05, 3.63) is 59.5 Å². The van der Waals surface area contributed by atoms with Gasteiger partial charge in [-0.05, 0) is 69.0 Å². The number of piperazine rings is 1. The number of aryl methyl sites for hydroxylation is 1. The van der Waals surface area contributed by atoms with Crippen molar-refractivity contribution in [1.82, 2.24) is 34.3 Å². The molecule has 9 nitrogen and oxygen atoms in total. The second kappa shape index (κ2) is 10.6. The monoisotopic (exact) mass is 569 g/mol. The summed E-state index contributed by atoms with van der Waals surface area (Å²) in [6.45, 7) is 6.69. The molecule has 212 valence electrons. The van der Waals surface area contributed by atoms with Gasteiger partial charge in [0.2, 0.25) is 5.95 Å². The van der Waals surface area contributed by atoms with Gasteiger partial charge in [-0.15, -0.1) is 0 Å². The summed E-state index contributed by atoms with van der Waals surface area (Å²) in [6.07, 6.45) is 8.56. The lowest BCUT2D eigenvalue weighted by molar-refractivity contribution is 0.0828. The molecular weight excluding hydrogens is 534 g/mol. The molecule has 0 radical (unpaired) electrons. The van der Waals surface area contributed by atoms with E-state index in [1.165, 1.54) is 39.0 Å². The molecule has 4 heterocycles. The number of anilines is 3. The number of aromatic nitrogens is 5. The van der Waals surface area contributed by atoms with Gasteiger partial charge in [-0.25, -0.2) is 15.0 Å². The first-order valence-corrected chi connectivity index (χ1v) is 14.9. The molecule has 7 rings (SSSR count). The van der Waals surface area contributed by atoms with E-state index in [1.807, 2.05) is 19.1 Å². The van der Waals surface area contributed by atoms with Crippen molar-refractivity contribution >= 4 is 51.1 Å². The summed E-state index contributed by atoms with van der Waals surface area (Å²) in [7, 11) is 2.22. The van der Waals surface area contributed by atoms with Gasteiger partial charge in [-0.3, -0.25) is 4.90 Å². The van der Waals surface area contributed by atoms with E-state index in [2.05, 4.69) is 72.1 Å². The predicted octanol–water partition coefficient (Wildman–Crippen LogP) is 5.99. The molecule has 10 heteroatoms. The minimum Gasteiger partial charge on any atom is -0.383 e. The molecule has 1 aliphatic heterocycles. The van der Waals surface area contributed by atoms with E-state index >= 15 is 0 Å². The normalized spacial score (nSPS) is 20.7. The summed E-state index contributed by atoms with van der Waals surface area (Å²) in [5.74, 6) is 1.17. The van der Waals surface area contributed by atoms with E-state index in [0.717, 1.165) is 57.3 Å². The van der Waals surface area contributed by atoms with Gasteiger partial charge in [0.25, 0.3) is 0 Å². The van der Waals surface area contributed by atoms with Gasteiger partial charge >= 0.3 is 0 Å². The Balaban J connectivity index is 1.12. The third-order valence-electron chi connectivity index (χ3n) is 9.00. The van der Waals surface area contributed by atoms with Crippen LogP contribution in [0, 0.1) is 6.92 Å². The Hall–Kier alpha value is -3.66. The zero-order valence-electron chi connectivity index (χ0n) is 23.6. The third kappa shape index (κ3) is 4.92. The summed E-state index contributed by atoms with van der Waals surface area (Å²) in [6, 6.07) is 13.4. The average molecular weight is 570 g/mol. The molecule has 41 heavy (non-hydrogen) atoms. The number of hydrogen-bond acceptors (Lipinski definition) is 7. The number of fused-ring (bicyclic) bond motifs is 2. The maximum absolute atomic E-state index is 6.47. The lowest BCUT2D eigenvalue weighted by Crippen LogP contribution is -2.49. The zero-order valence-corrected chi connectivity index (χ0v) is 24.3. The van der Waals surface area contributed by atoms with Crippen LogP contribution in [0.3, 0.4) is 0 Å². The first kappa shape index (κ1) is 26.3. The number of imidazole rings is 1. The van der Waals surface area contributed by atoms with Crippen LogP contribution < -0.4 is 11.1 Å². The maximum atomic E-state index is 6.47. The Morgan fingerprint density at radius 2 is 1.68 bits per heavy atom. The minimum absolute atomic E-state index is 0.411. The van der Waals surface area contributed by atoms with Crippen LogP contribution in [0.15, 0.2) is 48.9 Å². The van der Waals surface area contributed by atoms with E-state index in [1.54, 1.807) is 6.33 Å². The van der Waals surface area contributed by atoms with Gasteiger partial charge in [0.1, 0.15) is 17.8 Å². The molecule has 2 aliphatic rings. The number of rotatable bonds is 5. The summed E-state index contributed by atoms with van der Waals surface area (Å²) < 4.78 is 2.36. The summed E-state index contributed by atoms with van der Waals surface area (Å²) in [5, 5.41) is 5.00. The first-order valence-electron chi connectivity index (χ1n) is 14.5. The molecule has 0 amide bonds. The van der Waals surface area contributed by atoms with E-state index in [-0.39, 0.29) is 0 Å². The smallest absolute Gasteiger partial charge is 0.205 e. The highest BCUT2D eigenvalue weighted by Crippen LogP contribution is 2.39. The van der Waals surface area contributed by atoms with Crippen molar-refractivity contribution in [3.63, 3.8) is 0 Å². The molecule has 0 unspecified atom stereocenters. The number of likely N-dealkylation sites (N-methyl/N-ethyl adjacent to an activating group) is 1. The number of hydrogen-bond donors (Lipinski definition) is 3. The van der Waals surface area contributed by atoms with Crippen LogP contribution in [0.25, 0.3) is 33.2 Å². The van der Waals surface area contributed by atoms with Crippen LogP contribution in [0.4, 0.5) is 17.5 Å². The maximum Gasteiger partial charge on any atom is 0.205 e. The van der Waals surface area contributed by atoms with Gasteiger partial charge < -0.3 is 25.5 Å². The number of nitrogens with one attached hydrogen (secondary N) is 2. The van der Waals surface area contributed by atoms with Gasteiger partial charge in [0, 0.05) is 55.7 Å². The van der Waals surface area contributed by atoms with Crippen LogP contribution in [-0.2, 0) is 0 Å². The standard InChI is InChI=1S/C31H36ClN9/c1-19-3-12-25-28(27(19)32)38-31(37-25)36-21-6-4-20(5-7-21)24-17-41(30-26(24)29(33)34-18-35-30)23-10-8-22(9-11-23)40-15-13-39(2)14-16-40/h3-7,12,17-18,22-23H,8-11,13-16H2,1-2H3,(H2,33,34,35)(H2,36,37,38). The highest BCUT2D eigenvalue weighted by atomic mass is 35.5. The summed E-state index contributed by atoms with van der Waals surface area (Å²) in [4.78, 5) is 22.1. The van der Waals surface area contributed by atoms with Gasteiger partial charge in [0.05, 0.1) is 21.4 Å². The van der Waals surface area contributed by atoms with Crippen molar-refractivity contribution in [2.45, 2.75) is 44.7 Å². The largest absolute Gasteiger partial charge is 0.383 e. The van der Waals surface area contributed by atoms with Crippen molar-refractivity contribution in [2.75, 3.05) is 44.3 Å². The van der Waals surface area contributed by atoms with Gasteiger partial charge in [-0.2, -0.15) is 0 Å². The zero-order chi connectivity index (χ0) is 28.1. The second-order valence-electron chi connectivity index (χ2n) is 11.6. The van der Waals surface area contributed by atoms with Crippen LogP contribution in [0.2, 0.25) is 5.02 Å². The van der Waals surface area contributed by atoms with Crippen LogP contribution in [0.5, 0.6) is 0 Å². The lowest BCUT2D eigenvalue weighted by Gasteiger charge is -2.41. The Bertz CT molecular complexity index is 1690. The van der Waals surface area contributed by atoms with E-state index in [9.17, 15) is 0 Å². The number of benzene rings is 2. The molecule has 1 aliphatic carbocycles. The van der Waals surface area contributed by atoms with Crippen LogP contribution >= 0.6 is 11.6 Å². The number of nitrogens with zero attached hydrogens (tertiary/aromatic N) is 6. The molecule has 1 saturated heterocycles. The quantitative estimate of drug-likeness (QED) is 0.239. The molecule has 2 aromatic carbocycles. The molecule has 5 aromatic rings. The van der Waals surface area contributed by atoms with Gasteiger partial charge in [0.15, 0.2) is 0 Å². The minimum atomic E-state index is 0.411. The Labute approximate surface area is 244 Å². The average Bonchev–Trinajstić information content (AvgIpc) is 3.59. The van der Waals surface area contributed by atoms with Crippen LogP contribution in [0.1, 0.15) is 37.3 Å². The Morgan fingerprint density at radius 1 is 0.951 bits per heavy atom. The van der Waals surface area contributed by atoms with E-state index in [4.69, 9.17) is 22.3 Å². The number of H-pyrrole nitrogens is 1. The lowest BCUT2D eigenvalue weighted by atomic mass is 9.89. The summed E-state index contributed by atoms with van der Waals surface area (Å²) in [5.41, 5.74) is 13.1. The summed E-state index contributed by atoms with van der Waals surface area (Å²) >= 11 is 6.47. The topological polar surface area (TPSA) is 104 Å². The molecule has 0 atom stereocenters. The number of nitrogens with two attached hydrogens (primary N) is 1. The SMILES string of the molecule is Cc1ccc2nc(Nc3ccc(-c4cn(C5CCC(N6CCN(C)CC6)CC5)c5ncnc(N)c45)cc3)[nH]c2c1Cl. The first-order chi connectivity index (χ1) is 19.9. The molecular formula is C31H36ClN9. The number of nitrogen functional groups attached to an aromatic ring is 1. The fourth-order valence-corrected chi connectivity index (χ4v) is 6.78. The molecule has 2 fully saturated rings. The Morgan fingerprint density at radius 3 is 2.44 bits per heavy atom. The number of aromatic amines is 1. The fraction of sp³-hybridized carbons (Fsp3) is 0.387. The highest BCUT2D eigenvalue weighted by molar-refractivity contribution is 6.35. The van der Waals surface area contributed by atoms with Crippen molar-refractivity contribution in [1.29, 1.82) is 0 Å². The van der Waals surface area contributed by atoms with E-state index in [0.29, 0.717) is 28.9 Å². The molecule has 3 aromatic heterocycles. The number of halogens is 1. The molecule has 0 spiro atoms. The van der Waals surface area contributed by atoms with Crippen molar-refractivity contribution in [2.24, 2.45) is 0 Å².